The molecule has 2 aromatic rings. The number of nitrogens with zero attached hydrogens (tertiary/aromatic N) is 2. The number of aliphatic hydroxyl groups is 1. The van der Waals surface area contributed by atoms with E-state index in [0.717, 1.165) is 18.5 Å². The first-order valence-electron chi connectivity index (χ1n) is 6.84. The quantitative estimate of drug-likeness (QED) is 0.850. The number of hydrogen-bond acceptors (Lipinski definition) is 4. The molecule has 0 aliphatic carbocycles. The van der Waals surface area contributed by atoms with Gasteiger partial charge in [-0.25, -0.2) is 0 Å². The molecule has 1 aromatic carbocycles. The molecule has 0 aliphatic heterocycles. The van der Waals surface area contributed by atoms with Crippen molar-refractivity contribution >= 4 is 0 Å². The summed E-state index contributed by atoms with van der Waals surface area (Å²) in [6.45, 7) is 3.81. The van der Waals surface area contributed by atoms with Crippen LogP contribution in [0, 0.1) is 6.92 Å². The van der Waals surface area contributed by atoms with Crippen molar-refractivity contribution < 1.29 is 9.84 Å². The second-order valence-electron chi connectivity index (χ2n) is 4.73. The minimum Gasteiger partial charge on any atom is -0.425 e. The smallest absolute Gasteiger partial charge is 0.303 e. The minimum absolute atomic E-state index is 0.103. The van der Waals surface area contributed by atoms with Crippen molar-refractivity contribution in [2.24, 2.45) is 5.73 Å². The molecular formula is C15H21N3O2. The molecular weight excluding hydrogens is 254 g/mol. The predicted octanol–water partition coefficient (Wildman–Crippen LogP) is 2.73. The van der Waals surface area contributed by atoms with E-state index in [2.05, 4.69) is 11.9 Å². The third kappa shape index (κ3) is 3.00. The minimum atomic E-state index is -0.248. The van der Waals surface area contributed by atoms with E-state index in [4.69, 9.17) is 10.5 Å². The third-order valence-electron chi connectivity index (χ3n) is 3.20. The highest BCUT2D eigenvalue weighted by Crippen LogP contribution is 2.27. The first kappa shape index (κ1) is 14.6. The fraction of sp³-hybridized carbons (Fsp3) is 0.400. The average molecular weight is 275 g/mol. The van der Waals surface area contributed by atoms with Crippen LogP contribution in [0.5, 0.6) is 11.8 Å². The number of nitrogens with two attached hydrogens (primary N) is 1. The van der Waals surface area contributed by atoms with Gasteiger partial charge in [0.2, 0.25) is 0 Å². The van der Waals surface area contributed by atoms with E-state index in [1.54, 1.807) is 4.57 Å². The van der Waals surface area contributed by atoms with Gasteiger partial charge in [0, 0.05) is 0 Å². The highest BCUT2D eigenvalue weighted by molar-refractivity contribution is 5.27. The molecule has 5 nitrogen and oxygen atoms in total. The van der Waals surface area contributed by atoms with E-state index in [1.165, 1.54) is 0 Å². The van der Waals surface area contributed by atoms with Crippen LogP contribution in [0.15, 0.2) is 30.3 Å². The van der Waals surface area contributed by atoms with Gasteiger partial charge >= 0.3 is 6.01 Å². The van der Waals surface area contributed by atoms with Gasteiger partial charge in [0.1, 0.15) is 5.75 Å². The number of rotatable bonds is 6. The maximum Gasteiger partial charge on any atom is 0.303 e. The maximum atomic E-state index is 9.52. The van der Waals surface area contributed by atoms with Gasteiger partial charge in [0.25, 0.3) is 0 Å². The molecule has 0 amide bonds. The van der Waals surface area contributed by atoms with Crippen LogP contribution in [0.3, 0.4) is 0 Å². The number of benzene rings is 1. The van der Waals surface area contributed by atoms with E-state index in [9.17, 15) is 5.11 Å². The molecule has 1 heterocycles. The van der Waals surface area contributed by atoms with Crippen molar-refractivity contribution in [2.75, 3.05) is 0 Å². The number of imidazole rings is 1. The van der Waals surface area contributed by atoms with Crippen LogP contribution < -0.4 is 10.5 Å². The standard InChI is InChI=1S/C15H21N3O2/c1-3-7-14(16)18-13(10-19)11(2)17-15(18)20-12-8-5-4-6-9-12/h4-6,8-9,14,19H,3,7,10,16H2,1-2H3. The van der Waals surface area contributed by atoms with Crippen LogP contribution in [0.2, 0.25) is 0 Å². The van der Waals surface area contributed by atoms with Crippen molar-refractivity contribution in [2.45, 2.75) is 39.5 Å². The van der Waals surface area contributed by atoms with Crippen LogP contribution in [0.1, 0.15) is 37.3 Å². The summed E-state index contributed by atoms with van der Waals surface area (Å²) in [6, 6.07) is 9.87. The van der Waals surface area contributed by atoms with Gasteiger partial charge in [0.15, 0.2) is 0 Å². The Hall–Kier alpha value is -1.85. The summed E-state index contributed by atoms with van der Waals surface area (Å²) in [6.07, 6.45) is 1.50. The van der Waals surface area contributed by atoms with Crippen LogP contribution in [-0.2, 0) is 6.61 Å². The molecule has 20 heavy (non-hydrogen) atoms. The SMILES string of the molecule is CCCC(N)n1c(Oc2ccccc2)nc(C)c1CO. The normalized spacial score (nSPS) is 12.4. The summed E-state index contributed by atoms with van der Waals surface area (Å²) >= 11 is 0. The lowest BCUT2D eigenvalue weighted by Crippen LogP contribution is -2.21. The number of aromatic nitrogens is 2. The predicted molar refractivity (Wildman–Crippen MR) is 77.5 cm³/mol. The Morgan fingerprint density at radius 1 is 1.35 bits per heavy atom. The van der Waals surface area contributed by atoms with Gasteiger partial charge in [0.05, 0.1) is 24.2 Å². The van der Waals surface area contributed by atoms with Gasteiger partial charge in [-0.15, -0.1) is 0 Å². The Morgan fingerprint density at radius 3 is 2.65 bits per heavy atom. The van der Waals surface area contributed by atoms with Crippen molar-refractivity contribution in [3.05, 3.63) is 41.7 Å². The molecule has 1 atom stereocenters. The zero-order chi connectivity index (χ0) is 14.5. The zero-order valence-corrected chi connectivity index (χ0v) is 11.9. The molecule has 0 spiro atoms. The molecule has 3 N–H and O–H groups in total. The molecule has 0 saturated heterocycles. The monoisotopic (exact) mass is 275 g/mol. The van der Waals surface area contributed by atoms with Crippen LogP contribution in [-0.4, -0.2) is 14.7 Å². The highest BCUT2D eigenvalue weighted by Gasteiger charge is 2.20. The van der Waals surface area contributed by atoms with E-state index >= 15 is 0 Å². The van der Waals surface area contributed by atoms with Gasteiger partial charge in [-0.2, -0.15) is 4.98 Å². The van der Waals surface area contributed by atoms with Crippen LogP contribution in [0.4, 0.5) is 0 Å². The van der Waals surface area contributed by atoms with Crippen molar-refractivity contribution in [3.63, 3.8) is 0 Å². The molecule has 2 rings (SSSR count). The fourth-order valence-electron chi connectivity index (χ4n) is 2.18. The summed E-state index contributed by atoms with van der Waals surface area (Å²) in [5, 5.41) is 9.52. The second-order valence-corrected chi connectivity index (χ2v) is 4.73. The molecule has 0 aliphatic rings. The summed E-state index contributed by atoms with van der Waals surface area (Å²) < 4.78 is 7.58. The molecule has 0 radical (unpaired) electrons. The number of ether oxygens (including phenoxy) is 1. The Morgan fingerprint density at radius 2 is 2.05 bits per heavy atom. The van der Waals surface area contributed by atoms with Gasteiger partial charge in [-0.3, -0.25) is 4.57 Å². The number of hydrogen-bond donors (Lipinski definition) is 2. The second kappa shape index (κ2) is 6.54. The van der Waals surface area contributed by atoms with Gasteiger partial charge in [-0.1, -0.05) is 31.5 Å². The molecule has 1 aromatic heterocycles. The summed E-state index contributed by atoms with van der Waals surface area (Å²) in [5.41, 5.74) is 7.63. The number of para-hydroxylation sites is 1. The van der Waals surface area contributed by atoms with Gasteiger partial charge < -0.3 is 15.6 Å². The van der Waals surface area contributed by atoms with Crippen LogP contribution in [0.25, 0.3) is 0 Å². The fourth-order valence-corrected chi connectivity index (χ4v) is 2.18. The molecule has 0 fully saturated rings. The first-order valence-corrected chi connectivity index (χ1v) is 6.84. The Kier molecular flexibility index (Phi) is 4.76. The zero-order valence-electron chi connectivity index (χ0n) is 11.9. The Labute approximate surface area is 119 Å². The molecule has 1 unspecified atom stereocenters. The van der Waals surface area contributed by atoms with E-state index in [0.29, 0.717) is 17.5 Å². The molecule has 0 bridgehead atoms. The molecule has 108 valence electrons. The van der Waals surface area contributed by atoms with Crippen LogP contribution >= 0.6 is 0 Å². The maximum absolute atomic E-state index is 9.52. The number of aryl methyl sites for hydroxylation is 1. The summed E-state index contributed by atoms with van der Waals surface area (Å²) in [5.74, 6) is 0.701. The van der Waals surface area contributed by atoms with E-state index < -0.39 is 0 Å². The average Bonchev–Trinajstić information content (AvgIpc) is 2.75. The summed E-state index contributed by atoms with van der Waals surface area (Å²) in [4.78, 5) is 4.38. The first-order chi connectivity index (χ1) is 9.67. The lowest BCUT2D eigenvalue weighted by Gasteiger charge is -2.18. The third-order valence-corrected chi connectivity index (χ3v) is 3.20. The molecule has 5 heteroatoms. The topological polar surface area (TPSA) is 73.3 Å². The van der Waals surface area contributed by atoms with Crippen molar-refractivity contribution in [1.82, 2.24) is 9.55 Å². The Bertz CT molecular complexity index is 552. The van der Waals surface area contributed by atoms with Gasteiger partial charge in [-0.05, 0) is 25.5 Å². The van der Waals surface area contributed by atoms with Crippen molar-refractivity contribution in [1.29, 1.82) is 0 Å². The van der Waals surface area contributed by atoms with E-state index in [1.807, 2.05) is 37.3 Å². The highest BCUT2D eigenvalue weighted by atomic mass is 16.5. The van der Waals surface area contributed by atoms with Crippen molar-refractivity contribution in [3.8, 4) is 11.8 Å². The lowest BCUT2D eigenvalue weighted by atomic mass is 10.2. The summed E-state index contributed by atoms with van der Waals surface area (Å²) in [7, 11) is 0. The Balaban J connectivity index is 2.37. The number of aliphatic hydroxyl groups excluding tert-OH is 1. The molecule has 0 saturated carbocycles. The van der Waals surface area contributed by atoms with E-state index in [-0.39, 0.29) is 12.8 Å². The largest absolute Gasteiger partial charge is 0.425 e. The lowest BCUT2D eigenvalue weighted by molar-refractivity contribution is 0.258.